The van der Waals surface area contributed by atoms with E-state index in [9.17, 15) is 13.6 Å². The summed E-state index contributed by atoms with van der Waals surface area (Å²) in [6, 6.07) is 6.78. The summed E-state index contributed by atoms with van der Waals surface area (Å²) in [5, 5.41) is 1.24. The lowest BCUT2D eigenvalue weighted by molar-refractivity contribution is -0.116. The summed E-state index contributed by atoms with van der Waals surface area (Å²) >= 11 is 7.13. The third-order valence-electron chi connectivity index (χ3n) is 3.04. The molecule has 19 heavy (non-hydrogen) atoms. The minimum absolute atomic E-state index is 0.249. The van der Waals surface area contributed by atoms with Crippen molar-refractivity contribution < 1.29 is 13.6 Å². The zero-order valence-electron chi connectivity index (χ0n) is 10.1. The molecule has 100 valence electrons. The van der Waals surface area contributed by atoms with E-state index in [0.29, 0.717) is 6.42 Å². The van der Waals surface area contributed by atoms with Crippen molar-refractivity contribution in [3.63, 3.8) is 0 Å². The maximum atomic E-state index is 13.3. The van der Waals surface area contributed by atoms with Gasteiger partial charge in [0.15, 0.2) is 0 Å². The van der Waals surface area contributed by atoms with Gasteiger partial charge in [-0.05, 0) is 54.1 Å². The van der Waals surface area contributed by atoms with Crippen LogP contribution in [0.1, 0.15) is 17.4 Å². The summed E-state index contributed by atoms with van der Waals surface area (Å²) in [4.78, 5) is 12.7. The minimum Gasteiger partial charge on any atom is -0.280 e. The monoisotopic (exact) mass is 300 g/mol. The van der Waals surface area contributed by atoms with Gasteiger partial charge in [0, 0.05) is 10.9 Å². The number of rotatable bonds is 4. The van der Waals surface area contributed by atoms with Crippen molar-refractivity contribution in [1.29, 1.82) is 0 Å². The second-order valence-electron chi connectivity index (χ2n) is 4.52. The Balaban J connectivity index is 2.46. The van der Waals surface area contributed by atoms with E-state index in [2.05, 4.69) is 0 Å². The van der Waals surface area contributed by atoms with E-state index in [1.165, 1.54) is 11.3 Å². The summed E-state index contributed by atoms with van der Waals surface area (Å²) in [7, 11) is 0. The molecule has 0 N–H and O–H groups in total. The fourth-order valence-electron chi connectivity index (χ4n) is 1.92. The van der Waals surface area contributed by atoms with E-state index in [-0.39, 0.29) is 5.56 Å². The van der Waals surface area contributed by atoms with Gasteiger partial charge < -0.3 is 0 Å². The maximum absolute atomic E-state index is 13.3. The molecule has 0 aliphatic carbocycles. The third kappa shape index (κ3) is 3.01. The van der Waals surface area contributed by atoms with E-state index < -0.39 is 22.3 Å². The molecular weight excluding hydrogens is 290 g/mol. The fourth-order valence-corrected chi connectivity index (χ4v) is 2.96. The van der Waals surface area contributed by atoms with Crippen molar-refractivity contribution in [2.24, 2.45) is 0 Å². The van der Waals surface area contributed by atoms with Gasteiger partial charge in [0.1, 0.15) is 11.6 Å². The molecule has 2 aromatic rings. The van der Waals surface area contributed by atoms with Crippen LogP contribution in [-0.4, -0.2) is 5.24 Å². The first-order valence-electron chi connectivity index (χ1n) is 5.61. The molecule has 0 saturated carbocycles. The first-order valence-corrected chi connectivity index (χ1v) is 6.86. The molecule has 1 nitrogen and oxygen atoms in total. The number of benzene rings is 1. The number of halogens is 3. The van der Waals surface area contributed by atoms with Crippen molar-refractivity contribution in [3.8, 4) is 0 Å². The van der Waals surface area contributed by atoms with Crippen LogP contribution in [0.4, 0.5) is 8.78 Å². The Kier molecular flexibility index (Phi) is 4.02. The molecule has 0 amide bonds. The van der Waals surface area contributed by atoms with Gasteiger partial charge in [0.2, 0.25) is 5.24 Å². The Labute approximate surface area is 118 Å². The van der Waals surface area contributed by atoms with Crippen LogP contribution in [0.2, 0.25) is 0 Å². The second-order valence-corrected chi connectivity index (χ2v) is 5.90. The third-order valence-corrected chi connectivity index (χ3v) is 4.33. The summed E-state index contributed by atoms with van der Waals surface area (Å²) in [6.45, 7) is 1.59. The van der Waals surface area contributed by atoms with Crippen molar-refractivity contribution in [1.82, 2.24) is 0 Å². The topological polar surface area (TPSA) is 17.1 Å². The SMILES string of the molecule is CC(Cc1cccs1)(C(=O)Cl)c1cc(F)cc(F)c1. The van der Waals surface area contributed by atoms with Crippen LogP contribution in [0.3, 0.4) is 0 Å². The van der Waals surface area contributed by atoms with Gasteiger partial charge in [-0.25, -0.2) is 8.78 Å². The van der Waals surface area contributed by atoms with Crippen LogP contribution >= 0.6 is 22.9 Å². The largest absolute Gasteiger partial charge is 0.280 e. The van der Waals surface area contributed by atoms with Crippen LogP contribution in [0.25, 0.3) is 0 Å². The number of carbonyl (C=O) groups is 1. The van der Waals surface area contributed by atoms with Gasteiger partial charge in [-0.1, -0.05) is 6.07 Å². The van der Waals surface area contributed by atoms with Gasteiger partial charge in [-0.15, -0.1) is 11.3 Å². The molecule has 1 heterocycles. The van der Waals surface area contributed by atoms with Gasteiger partial charge in [-0.3, -0.25) is 4.79 Å². The van der Waals surface area contributed by atoms with Crippen molar-refractivity contribution in [2.45, 2.75) is 18.8 Å². The summed E-state index contributed by atoms with van der Waals surface area (Å²) in [5.74, 6) is -1.43. The molecule has 2 rings (SSSR count). The van der Waals surface area contributed by atoms with Crippen LogP contribution in [0.15, 0.2) is 35.7 Å². The standard InChI is InChI=1S/C14H11ClF2OS/c1-14(13(15)18,8-12-3-2-4-19-12)9-5-10(16)7-11(17)6-9/h2-7H,8H2,1H3. The second kappa shape index (κ2) is 5.39. The molecule has 0 spiro atoms. The molecule has 1 unspecified atom stereocenters. The average molecular weight is 301 g/mol. The highest BCUT2D eigenvalue weighted by molar-refractivity contribution is 7.09. The number of thiophene rings is 1. The average Bonchev–Trinajstić information content (AvgIpc) is 2.79. The Morgan fingerprint density at radius 2 is 1.95 bits per heavy atom. The Morgan fingerprint density at radius 1 is 1.32 bits per heavy atom. The summed E-state index contributed by atoms with van der Waals surface area (Å²) in [5.41, 5.74) is -0.895. The van der Waals surface area contributed by atoms with Crippen LogP contribution in [-0.2, 0) is 16.6 Å². The molecule has 1 aromatic heterocycles. The van der Waals surface area contributed by atoms with Crippen molar-refractivity contribution in [3.05, 3.63) is 57.8 Å². The molecule has 0 radical (unpaired) electrons. The molecular formula is C14H11ClF2OS. The predicted octanol–water partition coefficient (Wildman–Crippen LogP) is 4.29. The molecule has 5 heteroatoms. The molecule has 1 atom stereocenters. The number of hydrogen-bond acceptors (Lipinski definition) is 2. The van der Waals surface area contributed by atoms with E-state index in [1.54, 1.807) is 6.92 Å². The van der Waals surface area contributed by atoms with E-state index in [0.717, 1.165) is 23.1 Å². The quantitative estimate of drug-likeness (QED) is 0.770. The van der Waals surface area contributed by atoms with E-state index in [4.69, 9.17) is 11.6 Å². The summed E-state index contributed by atoms with van der Waals surface area (Å²) in [6.07, 6.45) is 0.315. The molecule has 0 fully saturated rings. The first kappa shape index (κ1) is 14.2. The van der Waals surface area contributed by atoms with Crippen molar-refractivity contribution >= 4 is 28.2 Å². The van der Waals surface area contributed by atoms with Gasteiger partial charge >= 0.3 is 0 Å². The van der Waals surface area contributed by atoms with Crippen molar-refractivity contribution in [2.75, 3.05) is 0 Å². The van der Waals surface area contributed by atoms with E-state index >= 15 is 0 Å². The normalized spacial score (nSPS) is 14.1. The van der Waals surface area contributed by atoms with Crippen LogP contribution in [0.5, 0.6) is 0 Å². The lowest BCUT2D eigenvalue weighted by atomic mass is 9.80. The molecule has 0 bridgehead atoms. The molecule has 0 aliphatic rings. The first-order chi connectivity index (χ1) is 8.91. The van der Waals surface area contributed by atoms with Gasteiger partial charge in [-0.2, -0.15) is 0 Å². The molecule has 1 aromatic carbocycles. The number of carbonyl (C=O) groups excluding carboxylic acids is 1. The highest BCUT2D eigenvalue weighted by Gasteiger charge is 2.35. The fraction of sp³-hybridized carbons (Fsp3) is 0.214. The zero-order chi connectivity index (χ0) is 14.0. The molecule has 0 aliphatic heterocycles. The smallest absolute Gasteiger partial charge is 0.232 e. The Bertz CT molecular complexity index is 577. The highest BCUT2D eigenvalue weighted by Crippen LogP contribution is 2.33. The molecule has 0 saturated heterocycles. The maximum Gasteiger partial charge on any atom is 0.232 e. The minimum atomic E-state index is -1.14. The predicted molar refractivity (Wildman–Crippen MR) is 72.6 cm³/mol. The zero-order valence-corrected chi connectivity index (χ0v) is 11.7. The van der Waals surface area contributed by atoms with Crippen LogP contribution in [0, 0.1) is 11.6 Å². The van der Waals surface area contributed by atoms with E-state index in [1.807, 2.05) is 17.5 Å². The Hall–Kier alpha value is -1.26. The van der Waals surface area contributed by atoms with Crippen LogP contribution < -0.4 is 0 Å². The number of hydrogen-bond donors (Lipinski definition) is 0. The summed E-state index contributed by atoms with van der Waals surface area (Å²) < 4.78 is 26.6. The van der Waals surface area contributed by atoms with Gasteiger partial charge in [0.25, 0.3) is 0 Å². The highest BCUT2D eigenvalue weighted by atomic mass is 35.5. The van der Waals surface area contributed by atoms with Gasteiger partial charge in [0.05, 0.1) is 5.41 Å². The lowest BCUT2D eigenvalue weighted by Crippen LogP contribution is -2.31. The Morgan fingerprint density at radius 3 is 2.42 bits per heavy atom. The lowest BCUT2D eigenvalue weighted by Gasteiger charge is -2.25.